The minimum Gasteiger partial charge on any atom is -0.480 e. The number of aliphatic carboxylic acids is 1. The van der Waals surface area contributed by atoms with Gasteiger partial charge in [-0.25, -0.2) is 0 Å². The van der Waals surface area contributed by atoms with Crippen LogP contribution in [0.5, 0.6) is 5.75 Å². The van der Waals surface area contributed by atoms with Crippen molar-refractivity contribution in [2.45, 2.75) is 18.9 Å². The Morgan fingerprint density at radius 2 is 1.82 bits per heavy atom. The number of carboxylic acid groups (broad SMARTS) is 1. The number of halogens is 1. The first kappa shape index (κ1) is 17.9. The maximum atomic E-state index is 12.3. The molecule has 1 amide bonds. The quantitative estimate of drug-likeness (QED) is 0.553. The third kappa shape index (κ3) is 6.06. The van der Waals surface area contributed by atoms with Gasteiger partial charge < -0.3 is 20.8 Å². The van der Waals surface area contributed by atoms with E-state index in [0.29, 0.717) is 5.56 Å². The summed E-state index contributed by atoms with van der Waals surface area (Å²) in [5, 5.41) is 8.74. The molecular formula is C12H15FN2O6S. The van der Waals surface area contributed by atoms with Crippen LogP contribution in [0.4, 0.5) is 3.89 Å². The van der Waals surface area contributed by atoms with Gasteiger partial charge >= 0.3 is 16.5 Å². The summed E-state index contributed by atoms with van der Waals surface area (Å²) in [4.78, 5) is 22.0. The zero-order chi connectivity index (χ0) is 16.9. The highest BCUT2D eigenvalue weighted by Crippen LogP contribution is 2.19. The highest BCUT2D eigenvalue weighted by molar-refractivity contribution is 7.81. The Morgan fingerprint density at radius 3 is 2.23 bits per heavy atom. The van der Waals surface area contributed by atoms with Crippen LogP contribution in [0.25, 0.3) is 0 Å². The summed E-state index contributed by atoms with van der Waals surface area (Å²) in [6, 6.07) is 3.98. The van der Waals surface area contributed by atoms with Crippen LogP contribution < -0.4 is 15.7 Å². The molecule has 10 heteroatoms. The maximum Gasteiger partial charge on any atom is 0.488 e. The van der Waals surface area contributed by atoms with Crippen LogP contribution in [-0.4, -0.2) is 31.4 Å². The summed E-state index contributed by atoms with van der Waals surface area (Å²) in [7, 11) is -5.11. The van der Waals surface area contributed by atoms with Crippen LogP contribution in [0, 0.1) is 5.92 Å². The molecule has 0 radical (unpaired) electrons. The molecule has 1 aromatic rings. The van der Waals surface area contributed by atoms with Crippen LogP contribution in [0.15, 0.2) is 24.3 Å². The average molecular weight is 334 g/mol. The molecule has 8 nitrogen and oxygen atoms in total. The number of primary amides is 1. The second-order valence-electron chi connectivity index (χ2n) is 4.60. The van der Waals surface area contributed by atoms with Crippen molar-refractivity contribution in [1.82, 2.24) is 0 Å². The van der Waals surface area contributed by atoms with Gasteiger partial charge in [0, 0.05) is 5.92 Å². The summed E-state index contributed by atoms with van der Waals surface area (Å²) in [6.45, 7) is 0. The molecule has 0 aliphatic heterocycles. The number of carboxylic acids is 1. The van der Waals surface area contributed by atoms with Crippen molar-refractivity contribution in [2.24, 2.45) is 17.4 Å². The molecule has 0 aliphatic carbocycles. The fourth-order valence-electron chi connectivity index (χ4n) is 1.79. The monoisotopic (exact) mass is 334 g/mol. The third-order valence-corrected chi connectivity index (χ3v) is 3.25. The van der Waals surface area contributed by atoms with Crippen LogP contribution in [0.2, 0.25) is 0 Å². The second-order valence-corrected chi connectivity index (χ2v) is 5.56. The Hall–Kier alpha value is -2.20. The number of carbonyl (C=O) groups excluding carboxylic acids is 1. The Labute approximate surface area is 126 Å². The van der Waals surface area contributed by atoms with Crippen LogP contribution in [0.1, 0.15) is 12.0 Å². The molecule has 0 spiro atoms. The highest BCUT2D eigenvalue weighted by atomic mass is 32.3. The van der Waals surface area contributed by atoms with Gasteiger partial charge in [0.1, 0.15) is 11.8 Å². The molecule has 1 rings (SSSR count). The van der Waals surface area contributed by atoms with Gasteiger partial charge in [-0.2, -0.15) is 8.42 Å². The van der Waals surface area contributed by atoms with E-state index in [2.05, 4.69) is 4.18 Å². The van der Waals surface area contributed by atoms with E-state index in [1.165, 1.54) is 24.3 Å². The summed E-state index contributed by atoms with van der Waals surface area (Å²) < 4.78 is 37.0. The first-order chi connectivity index (χ1) is 10.1. The molecule has 5 N–H and O–H groups in total. The minimum absolute atomic E-state index is 0.110. The van der Waals surface area contributed by atoms with Gasteiger partial charge in [0.05, 0.1) is 0 Å². The zero-order valence-electron chi connectivity index (χ0n) is 11.3. The number of hydrogen-bond acceptors (Lipinski definition) is 6. The first-order valence-corrected chi connectivity index (χ1v) is 7.40. The molecule has 2 atom stereocenters. The molecule has 0 aliphatic rings. The highest BCUT2D eigenvalue weighted by Gasteiger charge is 2.23. The number of amides is 1. The molecule has 0 heterocycles. The van der Waals surface area contributed by atoms with E-state index >= 15 is 0 Å². The maximum absolute atomic E-state index is 12.3. The van der Waals surface area contributed by atoms with Crippen LogP contribution in [-0.2, 0) is 26.5 Å². The van der Waals surface area contributed by atoms with Gasteiger partial charge in [0.2, 0.25) is 5.91 Å². The predicted molar refractivity (Wildman–Crippen MR) is 73.7 cm³/mol. The number of carbonyl (C=O) groups is 2. The fourth-order valence-corrected chi connectivity index (χ4v) is 2.13. The first-order valence-electron chi connectivity index (χ1n) is 6.09. The molecule has 1 aromatic carbocycles. The number of hydrogen-bond donors (Lipinski definition) is 3. The van der Waals surface area contributed by atoms with Crippen molar-refractivity contribution in [3.8, 4) is 5.75 Å². The molecule has 0 fully saturated rings. The average Bonchev–Trinajstić information content (AvgIpc) is 2.38. The lowest BCUT2D eigenvalue weighted by Crippen LogP contribution is -2.37. The van der Waals surface area contributed by atoms with Crippen molar-refractivity contribution in [3.63, 3.8) is 0 Å². The fraction of sp³-hybridized carbons (Fsp3) is 0.333. The van der Waals surface area contributed by atoms with Gasteiger partial charge in [-0.1, -0.05) is 16.0 Å². The van der Waals surface area contributed by atoms with Crippen LogP contribution >= 0.6 is 0 Å². The Bertz CT molecular complexity index is 646. The number of rotatable bonds is 8. The lowest BCUT2D eigenvalue weighted by molar-refractivity contribution is -0.139. The normalized spacial score (nSPS) is 14.1. The van der Waals surface area contributed by atoms with Gasteiger partial charge in [0.25, 0.3) is 0 Å². The summed E-state index contributed by atoms with van der Waals surface area (Å²) in [6.07, 6.45) is -0.0270. The SMILES string of the molecule is NC(=O)[C@@H](Cc1ccc(OS(=O)(=O)F)cc1)C[C@H](N)C(=O)O. The number of nitrogens with two attached hydrogens (primary N) is 2. The van der Waals surface area contributed by atoms with E-state index < -0.39 is 34.3 Å². The molecular weight excluding hydrogens is 319 g/mol. The Balaban J connectivity index is 2.78. The van der Waals surface area contributed by atoms with Gasteiger partial charge in [-0.15, -0.1) is 0 Å². The van der Waals surface area contributed by atoms with Crippen molar-refractivity contribution in [1.29, 1.82) is 0 Å². The largest absolute Gasteiger partial charge is 0.488 e. The van der Waals surface area contributed by atoms with E-state index in [1.54, 1.807) is 0 Å². The molecule has 0 saturated heterocycles. The minimum atomic E-state index is -5.11. The van der Waals surface area contributed by atoms with E-state index in [1.807, 2.05) is 0 Å². The van der Waals surface area contributed by atoms with E-state index in [4.69, 9.17) is 16.6 Å². The summed E-state index contributed by atoms with van der Waals surface area (Å²) >= 11 is 0. The van der Waals surface area contributed by atoms with Crippen LogP contribution in [0.3, 0.4) is 0 Å². The molecule has 0 saturated carbocycles. The number of benzene rings is 1. The van der Waals surface area contributed by atoms with Crippen molar-refractivity contribution >= 4 is 22.4 Å². The molecule has 0 bridgehead atoms. The molecule has 122 valence electrons. The Kier molecular flexibility index (Phi) is 5.83. The van der Waals surface area contributed by atoms with Crippen molar-refractivity contribution < 1.29 is 31.2 Å². The standard InChI is InChI=1S/C12H15FN2O6S/c13-22(19,20)21-9-3-1-7(2-4-9)5-8(11(15)16)6-10(14)12(17)18/h1-4,8,10H,5-6,14H2,(H2,15,16)(H,17,18)/t8-,10-/m0/s1. The molecule has 0 unspecified atom stereocenters. The van der Waals surface area contributed by atoms with E-state index in [-0.39, 0.29) is 18.6 Å². The topological polar surface area (TPSA) is 150 Å². The summed E-state index contributed by atoms with van der Waals surface area (Å²) in [5.74, 6) is -2.99. The molecule has 0 aromatic heterocycles. The molecule has 22 heavy (non-hydrogen) atoms. The van der Waals surface area contributed by atoms with Gasteiger partial charge in [0.15, 0.2) is 0 Å². The lowest BCUT2D eigenvalue weighted by Gasteiger charge is -2.16. The van der Waals surface area contributed by atoms with Gasteiger partial charge in [-0.05, 0) is 30.5 Å². The second kappa shape index (κ2) is 7.18. The third-order valence-electron chi connectivity index (χ3n) is 2.86. The smallest absolute Gasteiger partial charge is 0.480 e. The van der Waals surface area contributed by atoms with Crippen molar-refractivity contribution in [2.75, 3.05) is 0 Å². The lowest BCUT2D eigenvalue weighted by atomic mass is 9.92. The van der Waals surface area contributed by atoms with E-state index in [9.17, 15) is 21.9 Å². The summed E-state index contributed by atoms with van der Waals surface area (Å²) in [5.41, 5.74) is 11.1. The van der Waals surface area contributed by atoms with Gasteiger partial charge in [-0.3, -0.25) is 9.59 Å². The van der Waals surface area contributed by atoms with E-state index in [0.717, 1.165) is 0 Å². The van der Waals surface area contributed by atoms with Crippen molar-refractivity contribution in [3.05, 3.63) is 29.8 Å². The zero-order valence-corrected chi connectivity index (χ0v) is 12.1. The Morgan fingerprint density at radius 1 is 1.27 bits per heavy atom. The predicted octanol–water partition coefficient (Wildman–Crippen LogP) is -0.274.